The van der Waals surface area contributed by atoms with E-state index in [0.717, 1.165) is 48.7 Å². The molecule has 1 heterocycles. The number of piperazine rings is 1. The smallest absolute Gasteiger partial charge is 0.279 e. The van der Waals surface area contributed by atoms with E-state index < -0.39 is 0 Å². The summed E-state index contributed by atoms with van der Waals surface area (Å²) < 4.78 is 0. The Hall–Kier alpha value is -2.53. The third-order valence-electron chi connectivity index (χ3n) is 4.85. The third kappa shape index (κ3) is 4.12. The number of nitrogens with zero attached hydrogens (tertiary/aromatic N) is 1. The molecule has 0 atom stereocenters. The molecule has 2 aromatic carbocycles. The van der Waals surface area contributed by atoms with Crippen LogP contribution in [0, 0.1) is 13.8 Å². The van der Waals surface area contributed by atoms with E-state index in [4.69, 9.17) is 0 Å². The van der Waals surface area contributed by atoms with Gasteiger partial charge in [0.1, 0.15) is 5.75 Å². The van der Waals surface area contributed by atoms with Crippen LogP contribution in [0.25, 0.3) is 0 Å². The Bertz CT molecular complexity index is 732. The van der Waals surface area contributed by atoms with E-state index in [0.29, 0.717) is 12.3 Å². The number of carbonyl (C=O) groups is 1. The van der Waals surface area contributed by atoms with Gasteiger partial charge in [0.05, 0.1) is 31.9 Å². The maximum atomic E-state index is 12.4. The molecule has 5 nitrogen and oxygen atoms in total. The highest BCUT2D eigenvalue weighted by atomic mass is 16.3. The minimum absolute atomic E-state index is 0.0587. The van der Waals surface area contributed by atoms with Crippen molar-refractivity contribution in [2.24, 2.45) is 0 Å². The van der Waals surface area contributed by atoms with Gasteiger partial charge in [0, 0.05) is 5.69 Å². The average molecular weight is 340 g/mol. The van der Waals surface area contributed by atoms with Crippen molar-refractivity contribution in [3.8, 4) is 5.75 Å². The molecule has 0 spiro atoms. The zero-order valence-electron chi connectivity index (χ0n) is 14.9. The van der Waals surface area contributed by atoms with Crippen LogP contribution < -0.4 is 15.1 Å². The Labute approximate surface area is 148 Å². The van der Waals surface area contributed by atoms with Crippen molar-refractivity contribution in [2.75, 3.05) is 42.9 Å². The van der Waals surface area contributed by atoms with Crippen molar-refractivity contribution < 1.29 is 14.8 Å². The lowest BCUT2D eigenvalue weighted by Gasteiger charge is -2.33. The molecule has 0 aliphatic carbocycles. The van der Waals surface area contributed by atoms with E-state index >= 15 is 0 Å². The first kappa shape index (κ1) is 17.3. The SMILES string of the molecule is Cc1cccc(C)c1NC(=O)C[NH+]1CCN(c2ccccc2O)CC1. The standard InChI is InChI=1S/C20H25N3O2/c1-15-6-5-7-16(2)20(15)21-19(25)14-22-10-12-23(13-11-22)17-8-3-4-9-18(17)24/h3-9,24H,10-14H2,1-2H3,(H,21,25)/p+1. The summed E-state index contributed by atoms with van der Waals surface area (Å²) >= 11 is 0. The maximum Gasteiger partial charge on any atom is 0.279 e. The zero-order chi connectivity index (χ0) is 17.8. The molecule has 3 rings (SSSR count). The first-order valence-electron chi connectivity index (χ1n) is 8.77. The lowest BCUT2D eigenvalue weighted by atomic mass is 10.1. The van der Waals surface area contributed by atoms with E-state index in [1.165, 1.54) is 4.90 Å². The number of nitrogens with one attached hydrogen (secondary N) is 2. The predicted octanol–water partition coefficient (Wildman–Crippen LogP) is 1.35. The summed E-state index contributed by atoms with van der Waals surface area (Å²) in [5.41, 5.74) is 3.99. The van der Waals surface area contributed by atoms with Crippen LogP contribution in [-0.2, 0) is 4.79 Å². The molecule has 1 fully saturated rings. The van der Waals surface area contributed by atoms with Crippen LogP contribution in [0.3, 0.4) is 0 Å². The van der Waals surface area contributed by atoms with Crippen LogP contribution in [0.2, 0.25) is 0 Å². The van der Waals surface area contributed by atoms with Crippen LogP contribution in [0.5, 0.6) is 5.75 Å². The molecule has 0 unspecified atom stereocenters. The summed E-state index contributed by atoms with van der Waals surface area (Å²) in [5.74, 6) is 0.377. The van der Waals surface area contributed by atoms with Crippen LogP contribution >= 0.6 is 0 Å². The van der Waals surface area contributed by atoms with Gasteiger partial charge in [-0.3, -0.25) is 4.79 Å². The molecule has 3 N–H and O–H groups in total. The molecule has 1 amide bonds. The van der Waals surface area contributed by atoms with Crippen molar-refractivity contribution in [2.45, 2.75) is 13.8 Å². The lowest BCUT2D eigenvalue weighted by Crippen LogP contribution is -3.15. The van der Waals surface area contributed by atoms with Crippen molar-refractivity contribution >= 4 is 17.3 Å². The number of carbonyl (C=O) groups excluding carboxylic acids is 1. The minimum atomic E-state index is 0.0587. The Kier molecular flexibility index (Phi) is 5.24. The van der Waals surface area contributed by atoms with Crippen LogP contribution in [0.1, 0.15) is 11.1 Å². The summed E-state index contributed by atoms with van der Waals surface area (Å²) in [6.45, 7) is 7.94. The van der Waals surface area contributed by atoms with Gasteiger partial charge in [0.2, 0.25) is 0 Å². The van der Waals surface area contributed by atoms with Gasteiger partial charge < -0.3 is 20.2 Å². The molecule has 2 aromatic rings. The summed E-state index contributed by atoms with van der Waals surface area (Å²) in [6, 6.07) is 13.5. The number of amides is 1. The van der Waals surface area contributed by atoms with E-state index in [1.54, 1.807) is 6.07 Å². The van der Waals surface area contributed by atoms with E-state index in [1.807, 2.05) is 50.2 Å². The third-order valence-corrected chi connectivity index (χ3v) is 4.85. The number of anilines is 2. The van der Waals surface area contributed by atoms with Gasteiger partial charge in [0.25, 0.3) is 5.91 Å². The fourth-order valence-electron chi connectivity index (χ4n) is 3.39. The highest BCUT2D eigenvalue weighted by Gasteiger charge is 2.23. The van der Waals surface area contributed by atoms with Crippen LogP contribution in [-0.4, -0.2) is 43.7 Å². The Morgan fingerprint density at radius 3 is 2.36 bits per heavy atom. The van der Waals surface area contributed by atoms with Gasteiger partial charge >= 0.3 is 0 Å². The van der Waals surface area contributed by atoms with Crippen molar-refractivity contribution in [1.82, 2.24) is 0 Å². The Balaban J connectivity index is 1.54. The molecule has 0 saturated carbocycles. The normalized spacial score (nSPS) is 15.2. The van der Waals surface area contributed by atoms with Crippen molar-refractivity contribution in [3.63, 3.8) is 0 Å². The fraction of sp³-hybridized carbons (Fsp3) is 0.350. The maximum absolute atomic E-state index is 12.4. The number of aromatic hydroxyl groups is 1. The molecule has 1 aliphatic heterocycles. The number of benzene rings is 2. The summed E-state index contributed by atoms with van der Waals surface area (Å²) in [7, 11) is 0. The largest absolute Gasteiger partial charge is 0.506 e. The number of phenols is 1. The topological polar surface area (TPSA) is 57.0 Å². The highest BCUT2D eigenvalue weighted by Crippen LogP contribution is 2.26. The van der Waals surface area contributed by atoms with Gasteiger partial charge in [0.15, 0.2) is 6.54 Å². The Morgan fingerprint density at radius 2 is 1.72 bits per heavy atom. The summed E-state index contributed by atoms with van der Waals surface area (Å²) in [6.07, 6.45) is 0. The number of para-hydroxylation sites is 3. The molecule has 1 aliphatic rings. The van der Waals surface area contributed by atoms with E-state index in [9.17, 15) is 9.90 Å². The van der Waals surface area contributed by atoms with Gasteiger partial charge in [-0.2, -0.15) is 0 Å². The van der Waals surface area contributed by atoms with Gasteiger partial charge in [-0.25, -0.2) is 0 Å². The van der Waals surface area contributed by atoms with Gasteiger partial charge in [-0.15, -0.1) is 0 Å². The number of aryl methyl sites for hydroxylation is 2. The molecule has 0 bridgehead atoms. The average Bonchev–Trinajstić information content (AvgIpc) is 2.60. The second-order valence-corrected chi connectivity index (χ2v) is 6.72. The monoisotopic (exact) mass is 340 g/mol. The van der Waals surface area contributed by atoms with Crippen LogP contribution in [0.15, 0.2) is 42.5 Å². The van der Waals surface area contributed by atoms with Gasteiger partial charge in [-0.05, 0) is 37.1 Å². The van der Waals surface area contributed by atoms with Crippen molar-refractivity contribution in [3.05, 3.63) is 53.6 Å². The second kappa shape index (κ2) is 7.57. The molecule has 1 saturated heterocycles. The molecule has 5 heteroatoms. The first-order chi connectivity index (χ1) is 12.0. The second-order valence-electron chi connectivity index (χ2n) is 6.72. The van der Waals surface area contributed by atoms with Gasteiger partial charge in [-0.1, -0.05) is 30.3 Å². The van der Waals surface area contributed by atoms with Crippen molar-refractivity contribution in [1.29, 1.82) is 0 Å². The molecule has 0 radical (unpaired) electrons. The fourth-order valence-corrected chi connectivity index (χ4v) is 3.39. The number of phenolic OH excluding ortho intramolecular Hbond substituents is 1. The number of quaternary nitrogens is 1. The lowest BCUT2D eigenvalue weighted by molar-refractivity contribution is -0.892. The Morgan fingerprint density at radius 1 is 1.08 bits per heavy atom. The van der Waals surface area contributed by atoms with Crippen LogP contribution in [0.4, 0.5) is 11.4 Å². The summed E-state index contributed by atoms with van der Waals surface area (Å²) in [4.78, 5) is 15.9. The quantitative estimate of drug-likeness (QED) is 0.788. The first-order valence-corrected chi connectivity index (χ1v) is 8.77. The molecular formula is C20H26N3O2+. The summed E-state index contributed by atoms with van der Waals surface area (Å²) in [5, 5.41) is 13.0. The molecule has 0 aromatic heterocycles. The molecular weight excluding hydrogens is 314 g/mol. The minimum Gasteiger partial charge on any atom is -0.506 e. The van der Waals surface area contributed by atoms with E-state index in [-0.39, 0.29) is 5.91 Å². The predicted molar refractivity (Wildman–Crippen MR) is 100 cm³/mol. The zero-order valence-corrected chi connectivity index (χ0v) is 14.9. The number of rotatable bonds is 4. The van der Waals surface area contributed by atoms with E-state index in [2.05, 4.69) is 10.2 Å². The molecule has 132 valence electrons. The number of hydrogen-bond donors (Lipinski definition) is 3. The molecule has 25 heavy (non-hydrogen) atoms. The highest BCUT2D eigenvalue weighted by molar-refractivity contribution is 5.93. The number of hydrogen-bond acceptors (Lipinski definition) is 3.